The monoisotopic (exact) mass is 291 g/mol. The third-order valence-electron chi connectivity index (χ3n) is 3.83. The zero-order chi connectivity index (χ0) is 15.1. The highest BCUT2D eigenvalue weighted by atomic mass is 16.5. The molecule has 0 spiro atoms. The van der Waals surface area contributed by atoms with Gasteiger partial charge in [-0.25, -0.2) is 0 Å². The zero-order valence-electron chi connectivity index (χ0n) is 12.7. The molecule has 1 aromatic carbocycles. The molecule has 0 aromatic heterocycles. The van der Waals surface area contributed by atoms with Crippen molar-refractivity contribution in [3.63, 3.8) is 0 Å². The first kappa shape index (κ1) is 15.8. The van der Waals surface area contributed by atoms with Crippen molar-refractivity contribution >= 4 is 11.6 Å². The van der Waals surface area contributed by atoms with Gasteiger partial charge in [-0.1, -0.05) is 18.6 Å². The van der Waals surface area contributed by atoms with Gasteiger partial charge in [0.25, 0.3) is 0 Å². The van der Waals surface area contributed by atoms with Crippen LogP contribution in [-0.4, -0.2) is 43.1 Å². The standard InChI is InChI=1S/C16H25N3O2/c1-2-21-15-9-4-3-8-14(15)18-16(20)12-19-10-6-5-7-13(19)11-17/h3-4,8-9,13H,2,5-7,10-12,17H2,1H3,(H,18,20). The van der Waals surface area contributed by atoms with Crippen LogP contribution in [-0.2, 0) is 4.79 Å². The fourth-order valence-electron chi connectivity index (χ4n) is 2.76. The van der Waals surface area contributed by atoms with Crippen LogP contribution in [0.3, 0.4) is 0 Å². The molecule has 1 heterocycles. The number of carbonyl (C=O) groups excluding carboxylic acids is 1. The molecule has 1 saturated heterocycles. The summed E-state index contributed by atoms with van der Waals surface area (Å²) < 4.78 is 5.52. The van der Waals surface area contributed by atoms with E-state index in [0.717, 1.165) is 25.1 Å². The van der Waals surface area contributed by atoms with Gasteiger partial charge in [0.1, 0.15) is 5.75 Å². The van der Waals surface area contributed by atoms with Gasteiger partial charge in [0.05, 0.1) is 18.8 Å². The molecule has 0 aliphatic carbocycles. The number of likely N-dealkylation sites (tertiary alicyclic amines) is 1. The van der Waals surface area contributed by atoms with Crippen LogP contribution >= 0.6 is 0 Å². The van der Waals surface area contributed by atoms with Crippen molar-refractivity contribution in [1.29, 1.82) is 0 Å². The first-order valence-corrected chi connectivity index (χ1v) is 7.70. The number of rotatable bonds is 6. The highest BCUT2D eigenvalue weighted by Crippen LogP contribution is 2.24. The Balaban J connectivity index is 1.95. The van der Waals surface area contributed by atoms with Crippen LogP contribution in [0.4, 0.5) is 5.69 Å². The highest BCUT2D eigenvalue weighted by molar-refractivity contribution is 5.93. The van der Waals surface area contributed by atoms with E-state index >= 15 is 0 Å². The third kappa shape index (κ3) is 4.44. The quantitative estimate of drug-likeness (QED) is 0.839. The minimum Gasteiger partial charge on any atom is -0.492 e. The lowest BCUT2D eigenvalue weighted by Crippen LogP contribution is -2.47. The molecule has 1 fully saturated rings. The molecule has 1 aliphatic rings. The summed E-state index contributed by atoms with van der Waals surface area (Å²) in [5, 5.41) is 2.94. The van der Waals surface area contributed by atoms with Crippen molar-refractivity contribution < 1.29 is 9.53 Å². The minimum atomic E-state index is -0.0116. The molecule has 116 valence electrons. The maximum Gasteiger partial charge on any atom is 0.238 e. The summed E-state index contributed by atoms with van der Waals surface area (Å²) in [5.41, 5.74) is 6.52. The van der Waals surface area contributed by atoms with Crippen molar-refractivity contribution in [3.8, 4) is 5.75 Å². The van der Waals surface area contributed by atoms with Gasteiger partial charge in [-0.2, -0.15) is 0 Å². The van der Waals surface area contributed by atoms with Gasteiger partial charge >= 0.3 is 0 Å². The van der Waals surface area contributed by atoms with Crippen molar-refractivity contribution in [2.24, 2.45) is 5.73 Å². The molecular formula is C16H25N3O2. The van der Waals surface area contributed by atoms with Gasteiger partial charge < -0.3 is 15.8 Å². The topological polar surface area (TPSA) is 67.6 Å². The molecule has 21 heavy (non-hydrogen) atoms. The number of ether oxygens (including phenoxy) is 1. The number of para-hydroxylation sites is 2. The molecule has 5 nitrogen and oxygen atoms in total. The number of benzene rings is 1. The van der Waals surface area contributed by atoms with Crippen molar-refractivity contribution in [2.45, 2.75) is 32.2 Å². The smallest absolute Gasteiger partial charge is 0.238 e. The van der Waals surface area contributed by atoms with E-state index < -0.39 is 0 Å². The maximum absolute atomic E-state index is 12.2. The Morgan fingerprint density at radius 1 is 1.43 bits per heavy atom. The van der Waals surface area contributed by atoms with E-state index in [1.807, 2.05) is 31.2 Å². The second-order valence-corrected chi connectivity index (χ2v) is 5.33. The van der Waals surface area contributed by atoms with Crippen LogP contribution < -0.4 is 15.8 Å². The Morgan fingerprint density at radius 3 is 3.00 bits per heavy atom. The number of nitrogens with zero attached hydrogens (tertiary/aromatic N) is 1. The Bertz CT molecular complexity index is 465. The minimum absolute atomic E-state index is 0.0116. The number of hydrogen-bond donors (Lipinski definition) is 2. The van der Waals surface area contributed by atoms with Crippen LogP contribution in [0.15, 0.2) is 24.3 Å². The summed E-state index contributed by atoms with van der Waals surface area (Å²) in [6.45, 7) is 4.46. The third-order valence-corrected chi connectivity index (χ3v) is 3.83. The van der Waals surface area contributed by atoms with Gasteiger partial charge in [-0.05, 0) is 38.4 Å². The van der Waals surface area contributed by atoms with Gasteiger partial charge in [0, 0.05) is 12.6 Å². The summed E-state index contributed by atoms with van der Waals surface area (Å²) in [5.74, 6) is 0.699. The molecule has 5 heteroatoms. The van der Waals surface area contributed by atoms with Crippen LogP contribution in [0.25, 0.3) is 0 Å². The summed E-state index contributed by atoms with van der Waals surface area (Å²) in [7, 11) is 0. The van der Waals surface area contributed by atoms with Gasteiger partial charge in [0.15, 0.2) is 0 Å². The van der Waals surface area contributed by atoms with Crippen molar-refractivity contribution in [1.82, 2.24) is 4.90 Å². The van der Waals surface area contributed by atoms with Gasteiger partial charge in [-0.3, -0.25) is 9.69 Å². The molecule has 1 atom stereocenters. The fraction of sp³-hybridized carbons (Fsp3) is 0.562. The lowest BCUT2D eigenvalue weighted by atomic mass is 10.0. The number of anilines is 1. The average molecular weight is 291 g/mol. The predicted octanol–water partition coefficient (Wildman–Crippen LogP) is 1.84. The molecule has 1 unspecified atom stereocenters. The molecule has 0 saturated carbocycles. The summed E-state index contributed by atoms with van der Waals surface area (Å²) in [4.78, 5) is 14.4. The van der Waals surface area contributed by atoms with Crippen LogP contribution in [0.2, 0.25) is 0 Å². The lowest BCUT2D eigenvalue weighted by Gasteiger charge is -2.34. The molecule has 2 rings (SSSR count). The van der Waals surface area contributed by atoms with Crippen molar-refractivity contribution in [3.05, 3.63) is 24.3 Å². The Kier molecular flexibility index (Phi) is 6.02. The van der Waals surface area contributed by atoms with E-state index in [9.17, 15) is 4.79 Å². The SMILES string of the molecule is CCOc1ccccc1NC(=O)CN1CCCCC1CN. The van der Waals surface area contributed by atoms with E-state index in [2.05, 4.69) is 10.2 Å². The highest BCUT2D eigenvalue weighted by Gasteiger charge is 2.23. The number of nitrogens with one attached hydrogen (secondary N) is 1. The molecule has 1 aromatic rings. The molecule has 1 amide bonds. The molecule has 3 N–H and O–H groups in total. The largest absolute Gasteiger partial charge is 0.492 e. The lowest BCUT2D eigenvalue weighted by molar-refractivity contribution is -0.118. The zero-order valence-corrected chi connectivity index (χ0v) is 12.7. The normalized spacial score (nSPS) is 19.2. The predicted molar refractivity (Wildman–Crippen MR) is 84.5 cm³/mol. The number of amides is 1. The maximum atomic E-state index is 12.2. The van der Waals surface area contributed by atoms with Crippen LogP contribution in [0, 0.1) is 0 Å². The molecule has 0 bridgehead atoms. The van der Waals surface area contributed by atoms with Crippen LogP contribution in [0.1, 0.15) is 26.2 Å². The second kappa shape index (κ2) is 8.00. The first-order valence-electron chi connectivity index (χ1n) is 7.70. The average Bonchev–Trinajstić information content (AvgIpc) is 2.50. The second-order valence-electron chi connectivity index (χ2n) is 5.33. The van der Waals surface area contributed by atoms with E-state index in [-0.39, 0.29) is 5.91 Å². The summed E-state index contributed by atoms with van der Waals surface area (Å²) in [6, 6.07) is 7.84. The van der Waals surface area contributed by atoms with E-state index in [1.54, 1.807) is 0 Å². The van der Waals surface area contributed by atoms with E-state index in [0.29, 0.717) is 31.5 Å². The number of hydrogen-bond acceptors (Lipinski definition) is 4. The molecule has 1 aliphatic heterocycles. The molecular weight excluding hydrogens is 266 g/mol. The molecule has 0 radical (unpaired) electrons. The van der Waals surface area contributed by atoms with Gasteiger partial charge in [-0.15, -0.1) is 0 Å². The summed E-state index contributed by atoms with van der Waals surface area (Å²) >= 11 is 0. The summed E-state index contributed by atoms with van der Waals surface area (Å²) in [6.07, 6.45) is 3.42. The first-order chi connectivity index (χ1) is 10.2. The van der Waals surface area contributed by atoms with E-state index in [4.69, 9.17) is 10.5 Å². The fourth-order valence-corrected chi connectivity index (χ4v) is 2.76. The number of carbonyl (C=O) groups is 1. The van der Waals surface area contributed by atoms with Gasteiger partial charge in [0.2, 0.25) is 5.91 Å². The Hall–Kier alpha value is -1.59. The number of nitrogens with two attached hydrogens (primary N) is 1. The Morgan fingerprint density at radius 2 is 2.24 bits per heavy atom. The van der Waals surface area contributed by atoms with Crippen molar-refractivity contribution in [2.75, 3.05) is 31.6 Å². The van der Waals surface area contributed by atoms with Crippen LogP contribution in [0.5, 0.6) is 5.75 Å². The Labute approximate surface area is 126 Å². The number of piperidine rings is 1. The van der Waals surface area contributed by atoms with E-state index in [1.165, 1.54) is 6.42 Å².